The zero-order valence-electron chi connectivity index (χ0n) is 9.48. The van der Waals surface area contributed by atoms with Gasteiger partial charge in [0.1, 0.15) is 0 Å². The number of rotatable bonds is 2. The Kier molecular flexibility index (Phi) is 3.65. The van der Waals surface area contributed by atoms with Gasteiger partial charge in [-0.2, -0.15) is 0 Å². The Labute approximate surface area is 116 Å². The lowest BCUT2D eigenvalue weighted by Gasteiger charge is -2.15. The number of aryl methyl sites for hydroxylation is 1. The van der Waals surface area contributed by atoms with E-state index in [1.807, 2.05) is 32.2 Å². The Hall–Kier alpha value is -0.720. The van der Waals surface area contributed by atoms with Crippen LogP contribution < -0.4 is 5.73 Å². The molecule has 0 aliphatic carbocycles. The number of hydrogen-bond acceptors (Lipinski definition) is 3. The van der Waals surface area contributed by atoms with Crippen molar-refractivity contribution in [2.75, 3.05) is 0 Å². The summed E-state index contributed by atoms with van der Waals surface area (Å²) < 4.78 is 3.43. The zero-order valence-corrected chi connectivity index (χ0v) is 12.7. The minimum atomic E-state index is -0.248. The van der Waals surface area contributed by atoms with Crippen LogP contribution >= 0.6 is 31.9 Å². The first-order valence-electron chi connectivity index (χ1n) is 5.08. The van der Waals surface area contributed by atoms with Gasteiger partial charge in [0.05, 0.1) is 11.7 Å². The van der Waals surface area contributed by atoms with Gasteiger partial charge in [0.25, 0.3) is 0 Å². The van der Waals surface area contributed by atoms with Crippen LogP contribution in [0.5, 0.6) is 0 Å². The molecule has 0 bridgehead atoms. The Morgan fingerprint density at radius 1 is 1.35 bits per heavy atom. The Morgan fingerprint density at radius 3 is 2.65 bits per heavy atom. The summed E-state index contributed by atoms with van der Waals surface area (Å²) in [4.78, 5) is 0. The molecule has 6 heteroatoms. The number of hydrogen-bond donors (Lipinski definition) is 1. The highest BCUT2D eigenvalue weighted by Gasteiger charge is 2.20. The topological polar surface area (TPSA) is 56.7 Å². The van der Waals surface area contributed by atoms with Gasteiger partial charge in [-0.1, -0.05) is 33.3 Å². The maximum Gasteiger partial charge on any atom is 0.153 e. The molecule has 0 aliphatic heterocycles. The van der Waals surface area contributed by atoms with Gasteiger partial charge in [-0.05, 0) is 40.0 Å². The zero-order chi connectivity index (χ0) is 12.6. The molecule has 1 atom stereocenters. The van der Waals surface area contributed by atoms with Crippen LogP contribution in [-0.4, -0.2) is 15.0 Å². The summed E-state index contributed by atoms with van der Waals surface area (Å²) in [6.07, 6.45) is 0. The quantitative estimate of drug-likeness (QED) is 0.896. The van der Waals surface area contributed by atoms with Crippen molar-refractivity contribution in [3.8, 4) is 0 Å². The first-order valence-corrected chi connectivity index (χ1v) is 6.66. The smallest absolute Gasteiger partial charge is 0.153 e. The summed E-state index contributed by atoms with van der Waals surface area (Å²) in [5, 5.41) is 7.90. The number of aromatic nitrogens is 3. The molecule has 0 saturated heterocycles. The number of nitrogens with two attached hydrogens (primary N) is 1. The minimum Gasteiger partial charge on any atom is -0.319 e. The van der Waals surface area contributed by atoms with Crippen molar-refractivity contribution in [3.05, 3.63) is 44.1 Å². The van der Waals surface area contributed by atoms with Crippen LogP contribution in [0.4, 0.5) is 0 Å². The second-order valence-corrected chi connectivity index (χ2v) is 5.43. The third-order valence-corrected chi connectivity index (χ3v) is 4.19. The molecule has 1 aromatic heterocycles. The van der Waals surface area contributed by atoms with Crippen LogP contribution in [0.1, 0.15) is 22.9 Å². The van der Waals surface area contributed by atoms with Gasteiger partial charge in [0.2, 0.25) is 0 Å². The molecule has 17 heavy (non-hydrogen) atoms. The summed E-state index contributed by atoms with van der Waals surface area (Å²) >= 11 is 6.88. The fraction of sp³-hybridized carbons (Fsp3) is 0.273. The molecule has 0 fully saturated rings. The van der Waals surface area contributed by atoms with Crippen LogP contribution in [0.15, 0.2) is 27.3 Å². The normalized spacial score (nSPS) is 12.8. The molecule has 0 amide bonds. The minimum absolute atomic E-state index is 0.248. The van der Waals surface area contributed by atoms with Crippen LogP contribution in [-0.2, 0) is 7.05 Å². The van der Waals surface area contributed by atoms with E-state index >= 15 is 0 Å². The molecule has 2 rings (SSSR count). The molecule has 2 N–H and O–H groups in total. The summed E-state index contributed by atoms with van der Waals surface area (Å²) in [6, 6.07) is 5.75. The molecule has 1 aromatic carbocycles. The molecular weight excluding hydrogens is 348 g/mol. The van der Waals surface area contributed by atoms with Crippen LogP contribution in [0, 0.1) is 6.92 Å². The molecule has 1 heterocycles. The Bertz CT molecular complexity index is 531. The highest BCUT2D eigenvalue weighted by Crippen LogP contribution is 2.29. The number of nitrogens with zero attached hydrogens (tertiary/aromatic N) is 3. The SMILES string of the molecule is Cc1c(Br)cccc1C(N)c1c(Br)nnn1C. The van der Waals surface area contributed by atoms with E-state index in [1.165, 1.54) is 0 Å². The van der Waals surface area contributed by atoms with E-state index in [1.54, 1.807) is 4.68 Å². The van der Waals surface area contributed by atoms with Crippen molar-refractivity contribution >= 4 is 31.9 Å². The van der Waals surface area contributed by atoms with Crippen LogP contribution in [0.2, 0.25) is 0 Å². The first-order chi connectivity index (χ1) is 8.02. The first kappa shape index (κ1) is 12.7. The molecular formula is C11H12Br2N4. The van der Waals surface area contributed by atoms with E-state index in [4.69, 9.17) is 5.73 Å². The second kappa shape index (κ2) is 4.88. The predicted octanol–water partition coefficient (Wildman–Crippen LogP) is 2.70. The third kappa shape index (κ3) is 2.29. The van der Waals surface area contributed by atoms with E-state index in [0.717, 1.165) is 21.3 Å². The fourth-order valence-corrected chi connectivity index (χ4v) is 2.73. The molecule has 0 aliphatic rings. The largest absolute Gasteiger partial charge is 0.319 e. The van der Waals surface area contributed by atoms with Gasteiger partial charge in [-0.25, -0.2) is 4.68 Å². The fourth-order valence-electron chi connectivity index (χ4n) is 1.78. The Balaban J connectivity index is 2.51. The lowest BCUT2D eigenvalue weighted by atomic mass is 10.00. The molecule has 2 aromatic rings. The second-order valence-electron chi connectivity index (χ2n) is 3.82. The Morgan fingerprint density at radius 2 is 2.06 bits per heavy atom. The van der Waals surface area contributed by atoms with Crippen molar-refractivity contribution in [3.63, 3.8) is 0 Å². The van der Waals surface area contributed by atoms with Crippen molar-refractivity contribution in [1.29, 1.82) is 0 Å². The van der Waals surface area contributed by atoms with Gasteiger partial charge in [0, 0.05) is 11.5 Å². The number of benzene rings is 1. The molecule has 90 valence electrons. The van der Waals surface area contributed by atoms with Crippen molar-refractivity contribution in [2.24, 2.45) is 12.8 Å². The van der Waals surface area contributed by atoms with Gasteiger partial charge in [-0.3, -0.25) is 0 Å². The lowest BCUT2D eigenvalue weighted by molar-refractivity contribution is 0.649. The van der Waals surface area contributed by atoms with E-state index < -0.39 is 0 Å². The van der Waals surface area contributed by atoms with Crippen LogP contribution in [0.3, 0.4) is 0 Å². The number of halogens is 2. The van der Waals surface area contributed by atoms with Gasteiger partial charge in [-0.15, -0.1) is 5.10 Å². The van der Waals surface area contributed by atoms with Crippen molar-refractivity contribution < 1.29 is 0 Å². The molecule has 0 saturated carbocycles. The standard InChI is InChI=1S/C11H12Br2N4/c1-6-7(4-3-5-8(6)12)9(14)10-11(13)15-16-17(10)2/h3-5,9H,14H2,1-2H3. The monoisotopic (exact) mass is 358 g/mol. The van der Waals surface area contributed by atoms with Crippen molar-refractivity contribution in [2.45, 2.75) is 13.0 Å². The highest BCUT2D eigenvalue weighted by molar-refractivity contribution is 9.10. The third-order valence-electron chi connectivity index (χ3n) is 2.77. The summed E-state index contributed by atoms with van der Waals surface area (Å²) in [5.74, 6) is 0. The van der Waals surface area contributed by atoms with Crippen LogP contribution in [0.25, 0.3) is 0 Å². The summed E-state index contributed by atoms with van der Waals surface area (Å²) in [5.41, 5.74) is 9.34. The van der Waals surface area contributed by atoms with E-state index in [2.05, 4.69) is 42.2 Å². The van der Waals surface area contributed by atoms with E-state index in [-0.39, 0.29) is 6.04 Å². The molecule has 1 unspecified atom stereocenters. The molecule has 4 nitrogen and oxygen atoms in total. The summed E-state index contributed by atoms with van der Waals surface area (Å²) in [7, 11) is 1.83. The maximum absolute atomic E-state index is 6.28. The molecule has 0 radical (unpaired) electrons. The molecule has 0 spiro atoms. The average molecular weight is 360 g/mol. The average Bonchev–Trinajstić information content (AvgIpc) is 2.62. The van der Waals surface area contributed by atoms with Crippen molar-refractivity contribution in [1.82, 2.24) is 15.0 Å². The summed E-state index contributed by atoms with van der Waals surface area (Å²) in [6.45, 7) is 2.04. The van der Waals surface area contributed by atoms with Gasteiger partial charge >= 0.3 is 0 Å². The predicted molar refractivity (Wildman–Crippen MR) is 73.6 cm³/mol. The van der Waals surface area contributed by atoms with Gasteiger partial charge in [0.15, 0.2) is 4.60 Å². The maximum atomic E-state index is 6.28. The highest BCUT2D eigenvalue weighted by atomic mass is 79.9. The van der Waals surface area contributed by atoms with E-state index in [9.17, 15) is 0 Å². The van der Waals surface area contributed by atoms with E-state index in [0.29, 0.717) is 4.60 Å². The lowest BCUT2D eigenvalue weighted by Crippen LogP contribution is -2.17. The van der Waals surface area contributed by atoms with Gasteiger partial charge < -0.3 is 5.73 Å².